The molecule has 2 aliphatic rings. The fourth-order valence-electron chi connectivity index (χ4n) is 3.16. The maximum atomic E-state index is 12.7. The molecule has 0 saturated carbocycles. The molecular weight excluding hydrogens is 320 g/mol. The molecule has 3 heterocycles. The van der Waals surface area contributed by atoms with Crippen LogP contribution in [0.25, 0.3) is 0 Å². The summed E-state index contributed by atoms with van der Waals surface area (Å²) in [5.74, 6) is 0.131. The van der Waals surface area contributed by atoms with Gasteiger partial charge in [0, 0.05) is 38.4 Å². The fourth-order valence-corrected chi connectivity index (χ4v) is 3.65. The number of rotatable bonds is 4. The highest BCUT2D eigenvalue weighted by Crippen LogP contribution is 2.24. The van der Waals surface area contributed by atoms with E-state index in [-0.39, 0.29) is 24.4 Å². The van der Waals surface area contributed by atoms with Crippen LogP contribution in [0.1, 0.15) is 24.6 Å². The third-order valence-electron chi connectivity index (χ3n) is 4.35. The molecule has 0 bridgehead atoms. The van der Waals surface area contributed by atoms with Crippen LogP contribution in [0.4, 0.5) is 0 Å². The number of sulfonamides is 1. The number of nitrogens with zero attached hydrogens (tertiary/aromatic N) is 3. The monoisotopic (exact) mass is 342 g/mol. The zero-order valence-electron chi connectivity index (χ0n) is 13.1. The molecule has 1 N–H and O–H groups in total. The average Bonchev–Trinajstić information content (AvgIpc) is 3.00. The van der Waals surface area contributed by atoms with Gasteiger partial charge in [0.05, 0.1) is 24.5 Å². The lowest BCUT2D eigenvalue weighted by Gasteiger charge is -2.36. The molecule has 1 aromatic rings. The lowest BCUT2D eigenvalue weighted by Crippen LogP contribution is -2.47. The predicted octanol–water partition coefficient (Wildman–Crippen LogP) is -0.258. The summed E-state index contributed by atoms with van der Waals surface area (Å²) in [5, 5.41) is 4.27. The van der Waals surface area contributed by atoms with E-state index in [4.69, 9.17) is 4.74 Å². The van der Waals surface area contributed by atoms with Crippen molar-refractivity contribution in [1.82, 2.24) is 19.4 Å². The van der Waals surface area contributed by atoms with E-state index in [1.165, 1.54) is 0 Å². The van der Waals surface area contributed by atoms with Crippen molar-refractivity contribution in [2.75, 3.05) is 32.6 Å². The molecule has 9 heteroatoms. The minimum Gasteiger partial charge on any atom is -0.381 e. The smallest absolute Gasteiger partial charge is 0.226 e. The second-order valence-electron chi connectivity index (χ2n) is 6.15. The minimum absolute atomic E-state index is 0.00161. The topological polar surface area (TPSA) is 93.5 Å². The Morgan fingerprint density at radius 2 is 2.17 bits per heavy atom. The second kappa shape index (κ2) is 6.58. The van der Waals surface area contributed by atoms with Crippen LogP contribution >= 0.6 is 0 Å². The predicted molar refractivity (Wildman–Crippen MR) is 83.1 cm³/mol. The Hall–Kier alpha value is -1.45. The average molecular weight is 342 g/mol. The Balaban J connectivity index is 1.73. The Bertz CT molecular complexity index is 666. The molecule has 8 nitrogen and oxygen atoms in total. The summed E-state index contributed by atoms with van der Waals surface area (Å²) in [6.07, 6.45) is 4.32. The number of fused-ring (bicyclic) bond motifs is 1. The van der Waals surface area contributed by atoms with Gasteiger partial charge in [-0.15, -0.1) is 0 Å². The van der Waals surface area contributed by atoms with Gasteiger partial charge in [-0.1, -0.05) is 0 Å². The van der Waals surface area contributed by atoms with Gasteiger partial charge in [0.25, 0.3) is 0 Å². The first-order valence-electron chi connectivity index (χ1n) is 7.77. The third kappa shape index (κ3) is 3.91. The van der Waals surface area contributed by atoms with E-state index in [0.29, 0.717) is 26.3 Å². The summed E-state index contributed by atoms with van der Waals surface area (Å²) < 4.78 is 32.3. The van der Waals surface area contributed by atoms with Crippen molar-refractivity contribution >= 4 is 15.9 Å². The van der Waals surface area contributed by atoms with Crippen LogP contribution in [0.2, 0.25) is 0 Å². The van der Waals surface area contributed by atoms with E-state index in [9.17, 15) is 13.2 Å². The van der Waals surface area contributed by atoms with Crippen molar-refractivity contribution in [3.63, 3.8) is 0 Å². The molecule has 1 fully saturated rings. The number of hydrogen-bond acceptors (Lipinski definition) is 5. The molecule has 0 aliphatic carbocycles. The summed E-state index contributed by atoms with van der Waals surface area (Å²) in [5.41, 5.74) is 0.928. The lowest BCUT2D eigenvalue weighted by molar-refractivity contribution is -0.140. The van der Waals surface area contributed by atoms with E-state index in [2.05, 4.69) is 9.82 Å². The second-order valence-corrected chi connectivity index (χ2v) is 7.98. The SMILES string of the molecule is CS(=O)(=O)NCC1CN(C(=O)C2CCOCC2)Cc2ccnn21. The summed E-state index contributed by atoms with van der Waals surface area (Å²) >= 11 is 0. The zero-order chi connectivity index (χ0) is 16.4. The molecule has 1 atom stereocenters. The van der Waals surface area contributed by atoms with Crippen LogP contribution in [-0.4, -0.2) is 61.6 Å². The van der Waals surface area contributed by atoms with E-state index < -0.39 is 10.0 Å². The van der Waals surface area contributed by atoms with Gasteiger partial charge in [0.1, 0.15) is 0 Å². The molecular formula is C14H22N4O4S. The molecule has 0 radical (unpaired) electrons. The highest BCUT2D eigenvalue weighted by Gasteiger charge is 2.33. The van der Waals surface area contributed by atoms with Crippen LogP contribution in [0, 0.1) is 5.92 Å². The van der Waals surface area contributed by atoms with Crippen LogP contribution < -0.4 is 4.72 Å². The Morgan fingerprint density at radius 3 is 2.87 bits per heavy atom. The maximum absolute atomic E-state index is 12.7. The number of ether oxygens (including phenoxy) is 1. The molecule has 3 rings (SSSR count). The van der Waals surface area contributed by atoms with Gasteiger partial charge in [0.15, 0.2) is 0 Å². The Labute approximate surface area is 135 Å². The quantitative estimate of drug-likeness (QED) is 0.814. The standard InChI is InChI=1S/C14H22N4O4S/c1-23(20,21)16-8-13-10-17(9-12-2-5-15-18(12)13)14(19)11-3-6-22-7-4-11/h2,5,11,13,16H,3-4,6-10H2,1H3. The van der Waals surface area contributed by atoms with Gasteiger partial charge in [0.2, 0.25) is 15.9 Å². The zero-order valence-corrected chi connectivity index (χ0v) is 14.0. The number of carbonyl (C=O) groups is 1. The summed E-state index contributed by atoms with van der Waals surface area (Å²) in [7, 11) is -3.28. The Kier molecular flexibility index (Phi) is 4.69. The molecule has 23 heavy (non-hydrogen) atoms. The van der Waals surface area contributed by atoms with Gasteiger partial charge < -0.3 is 9.64 Å². The highest BCUT2D eigenvalue weighted by molar-refractivity contribution is 7.88. The van der Waals surface area contributed by atoms with E-state index in [1.54, 1.807) is 6.20 Å². The highest BCUT2D eigenvalue weighted by atomic mass is 32.2. The third-order valence-corrected chi connectivity index (χ3v) is 5.04. The maximum Gasteiger partial charge on any atom is 0.226 e. The van der Waals surface area contributed by atoms with Crippen molar-refractivity contribution in [2.45, 2.75) is 25.4 Å². The normalized spacial score (nSPS) is 22.8. The molecule has 1 amide bonds. The van der Waals surface area contributed by atoms with Crippen molar-refractivity contribution in [3.05, 3.63) is 18.0 Å². The fraction of sp³-hybridized carbons (Fsp3) is 0.714. The van der Waals surface area contributed by atoms with Crippen LogP contribution in [0.15, 0.2) is 12.3 Å². The molecule has 1 saturated heterocycles. The van der Waals surface area contributed by atoms with Crippen molar-refractivity contribution in [2.24, 2.45) is 5.92 Å². The van der Waals surface area contributed by atoms with Gasteiger partial charge in [-0.2, -0.15) is 5.10 Å². The van der Waals surface area contributed by atoms with Crippen molar-refractivity contribution in [3.8, 4) is 0 Å². The molecule has 0 aromatic carbocycles. The minimum atomic E-state index is -3.28. The number of aromatic nitrogens is 2. The summed E-state index contributed by atoms with van der Waals surface area (Å²) in [6.45, 7) is 2.46. The lowest BCUT2D eigenvalue weighted by atomic mass is 9.98. The molecule has 1 unspecified atom stereocenters. The summed E-state index contributed by atoms with van der Waals surface area (Å²) in [6, 6.07) is 1.68. The van der Waals surface area contributed by atoms with E-state index >= 15 is 0 Å². The summed E-state index contributed by atoms with van der Waals surface area (Å²) in [4.78, 5) is 14.6. The van der Waals surface area contributed by atoms with Crippen LogP contribution in [-0.2, 0) is 26.1 Å². The van der Waals surface area contributed by atoms with E-state index in [0.717, 1.165) is 24.8 Å². The number of nitrogens with one attached hydrogen (secondary N) is 1. The van der Waals surface area contributed by atoms with E-state index in [1.807, 2.05) is 15.6 Å². The van der Waals surface area contributed by atoms with Gasteiger partial charge in [-0.05, 0) is 18.9 Å². The molecule has 0 spiro atoms. The number of carbonyl (C=O) groups excluding carboxylic acids is 1. The Morgan fingerprint density at radius 1 is 1.43 bits per heavy atom. The first kappa shape index (κ1) is 16.4. The number of amides is 1. The molecule has 1 aromatic heterocycles. The number of hydrogen-bond donors (Lipinski definition) is 1. The van der Waals surface area contributed by atoms with Gasteiger partial charge in [-0.25, -0.2) is 13.1 Å². The van der Waals surface area contributed by atoms with Crippen molar-refractivity contribution < 1.29 is 17.9 Å². The van der Waals surface area contributed by atoms with Crippen LogP contribution in [0.3, 0.4) is 0 Å². The molecule has 128 valence electrons. The first-order chi connectivity index (χ1) is 10.9. The largest absolute Gasteiger partial charge is 0.381 e. The van der Waals surface area contributed by atoms with Gasteiger partial charge in [-0.3, -0.25) is 9.48 Å². The van der Waals surface area contributed by atoms with Crippen LogP contribution in [0.5, 0.6) is 0 Å². The van der Waals surface area contributed by atoms with Crippen molar-refractivity contribution in [1.29, 1.82) is 0 Å². The molecule has 2 aliphatic heterocycles. The van der Waals surface area contributed by atoms with Gasteiger partial charge >= 0.3 is 0 Å². The first-order valence-corrected chi connectivity index (χ1v) is 9.67.